The monoisotopic (exact) mass is 325 g/mol. The summed E-state index contributed by atoms with van der Waals surface area (Å²) in [5, 5.41) is 7.02. The standard InChI is InChI=1S/C19H23N3O2/c1-12-9-14(21-24-12)11-22(2)19(23)20-10-17-16-8-7-13-5-3-4-6-15(13)18(16)17/h3-6,9,16-18H,7-8,10-11H2,1-2H3,(H,20,23)/t16-,17-,18+/m1/s1. The minimum Gasteiger partial charge on any atom is -0.361 e. The highest BCUT2D eigenvalue weighted by molar-refractivity contribution is 5.73. The van der Waals surface area contributed by atoms with E-state index in [9.17, 15) is 4.79 Å². The van der Waals surface area contributed by atoms with Gasteiger partial charge in [0.15, 0.2) is 0 Å². The summed E-state index contributed by atoms with van der Waals surface area (Å²) >= 11 is 0. The maximum absolute atomic E-state index is 12.3. The van der Waals surface area contributed by atoms with Gasteiger partial charge in [0.1, 0.15) is 11.5 Å². The van der Waals surface area contributed by atoms with E-state index in [0.717, 1.165) is 23.9 Å². The molecule has 1 fully saturated rings. The number of nitrogens with zero attached hydrogens (tertiary/aromatic N) is 2. The highest BCUT2D eigenvalue weighted by atomic mass is 16.5. The first-order valence-corrected chi connectivity index (χ1v) is 8.62. The maximum Gasteiger partial charge on any atom is 0.317 e. The van der Waals surface area contributed by atoms with Crippen LogP contribution in [0.25, 0.3) is 0 Å². The fraction of sp³-hybridized carbons (Fsp3) is 0.474. The molecular weight excluding hydrogens is 302 g/mol. The Morgan fingerprint density at radius 2 is 2.25 bits per heavy atom. The van der Waals surface area contributed by atoms with Crippen LogP contribution in [0.4, 0.5) is 4.79 Å². The highest BCUT2D eigenvalue weighted by Gasteiger charge is 2.52. The van der Waals surface area contributed by atoms with E-state index < -0.39 is 0 Å². The molecule has 0 unspecified atom stereocenters. The lowest BCUT2D eigenvalue weighted by Crippen LogP contribution is -2.38. The van der Waals surface area contributed by atoms with Gasteiger partial charge in [-0.1, -0.05) is 29.4 Å². The lowest BCUT2D eigenvalue weighted by molar-refractivity contribution is 0.205. The molecule has 0 spiro atoms. The van der Waals surface area contributed by atoms with Crippen LogP contribution in [-0.2, 0) is 13.0 Å². The molecule has 1 N–H and O–H groups in total. The molecule has 3 atom stereocenters. The van der Waals surface area contributed by atoms with Gasteiger partial charge >= 0.3 is 6.03 Å². The van der Waals surface area contributed by atoms with Crippen LogP contribution in [0.1, 0.15) is 34.9 Å². The van der Waals surface area contributed by atoms with Crippen molar-refractivity contribution in [2.45, 2.75) is 32.2 Å². The van der Waals surface area contributed by atoms with E-state index in [1.807, 2.05) is 13.0 Å². The van der Waals surface area contributed by atoms with Gasteiger partial charge in [-0.25, -0.2) is 4.79 Å². The molecule has 2 aliphatic rings. The highest BCUT2D eigenvalue weighted by Crippen LogP contribution is 2.59. The van der Waals surface area contributed by atoms with Crippen LogP contribution in [0.2, 0.25) is 0 Å². The zero-order valence-corrected chi connectivity index (χ0v) is 14.2. The molecule has 0 radical (unpaired) electrons. The lowest BCUT2D eigenvalue weighted by Gasteiger charge is -2.16. The van der Waals surface area contributed by atoms with Gasteiger partial charge < -0.3 is 14.7 Å². The Bertz CT molecular complexity index is 755. The molecule has 0 bridgehead atoms. The van der Waals surface area contributed by atoms with Crippen molar-refractivity contribution in [2.75, 3.05) is 13.6 Å². The summed E-state index contributed by atoms with van der Waals surface area (Å²) in [6.45, 7) is 3.07. The van der Waals surface area contributed by atoms with E-state index in [0.29, 0.717) is 18.4 Å². The Morgan fingerprint density at radius 3 is 3.04 bits per heavy atom. The van der Waals surface area contributed by atoms with Gasteiger partial charge in [0.25, 0.3) is 0 Å². The summed E-state index contributed by atoms with van der Waals surface area (Å²) in [5.41, 5.74) is 3.77. The van der Waals surface area contributed by atoms with E-state index in [-0.39, 0.29) is 6.03 Å². The Labute approximate surface area is 142 Å². The molecule has 5 nitrogen and oxygen atoms in total. The minimum atomic E-state index is -0.0485. The topological polar surface area (TPSA) is 58.4 Å². The van der Waals surface area contributed by atoms with Crippen molar-refractivity contribution in [3.05, 3.63) is 52.9 Å². The average molecular weight is 325 g/mol. The van der Waals surface area contributed by atoms with E-state index in [2.05, 4.69) is 34.7 Å². The number of hydrogen-bond donors (Lipinski definition) is 1. The molecule has 1 aromatic heterocycles. The molecular formula is C19H23N3O2. The van der Waals surface area contributed by atoms with Crippen molar-refractivity contribution in [1.82, 2.24) is 15.4 Å². The normalized spacial score (nSPS) is 24.0. The third-order valence-corrected chi connectivity index (χ3v) is 5.40. The molecule has 5 heteroatoms. The number of amides is 2. The van der Waals surface area contributed by atoms with Crippen molar-refractivity contribution >= 4 is 6.03 Å². The zero-order chi connectivity index (χ0) is 16.7. The van der Waals surface area contributed by atoms with Crippen LogP contribution in [0.15, 0.2) is 34.9 Å². The van der Waals surface area contributed by atoms with Crippen molar-refractivity contribution in [2.24, 2.45) is 11.8 Å². The zero-order valence-electron chi connectivity index (χ0n) is 14.2. The fourth-order valence-corrected chi connectivity index (χ4v) is 4.13. The second-order valence-electron chi connectivity index (χ2n) is 7.06. The van der Waals surface area contributed by atoms with Gasteiger partial charge in [0.05, 0.1) is 6.54 Å². The molecule has 126 valence electrons. The number of carbonyl (C=O) groups excluding carboxylic acids is 1. The first-order chi connectivity index (χ1) is 11.6. The van der Waals surface area contributed by atoms with Gasteiger partial charge in [-0.3, -0.25) is 0 Å². The van der Waals surface area contributed by atoms with Gasteiger partial charge in [0.2, 0.25) is 0 Å². The van der Waals surface area contributed by atoms with Crippen molar-refractivity contribution in [1.29, 1.82) is 0 Å². The molecule has 0 aliphatic heterocycles. The van der Waals surface area contributed by atoms with Gasteiger partial charge in [0, 0.05) is 19.7 Å². The first-order valence-electron chi connectivity index (χ1n) is 8.62. The molecule has 1 aromatic carbocycles. The number of benzene rings is 1. The Hall–Kier alpha value is -2.30. The SMILES string of the molecule is Cc1cc(CN(C)C(=O)NC[C@@H]2[C@H]3CCc4ccccc4[C@@H]32)no1. The van der Waals surface area contributed by atoms with E-state index in [1.54, 1.807) is 11.9 Å². The van der Waals surface area contributed by atoms with Crippen LogP contribution >= 0.6 is 0 Å². The third kappa shape index (κ3) is 2.79. The smallest absolute Gasteiger partial charge is 0.317 e. The Kier molecular flexibility index (Phi) is 3.79. The summed E-state index contributed by atoms with van der Waals surface area (Å²) in [6, 6.07) is 10.6. The molecule has 0 saturated heterocycles. The van der Waals surface area contributed by atoms with E-state index in [4.69, 9.17) is 4.52 Å². The first kappa shape index (κ1) is 15.2. The predicted molar refractivity (Wildman–Crippen MR) is 90.6 cm³/mol. The molecule has 2 aliphatic carbocycles. The molecule has 2 amide bonds. The molecule has 4 rings (SSSR count). The summed E-state index contributed by atoms with van der Waals surface area (Å²) in [7, 11) is 1.79. The molecule has 2 aromatic rings. The predicted octanol–water partition coefficient (Wildman–Crippen LogP) is 3.10. The number of aromatic nitrogens is 1. The number of nitrogens with one attached hydrogen (secondary N) is 1. The Balaban J connectivity index is 1.31. The quantitative estimate of drug-likeness (QED) is 0.940. The second kappa shape index (κ2) is 5.96. The number of hydrogen-bond acceptors (Lipinski definition) is 3. The Morgan fingerprint density at radius 1 is 1.42 bits per heavy atom. The summed E-state index contributed by atoms with van der Waals surface area (Å²) < 4.78 is 5.04. The van der Waals surface area contributed by atoms with Crippen molar-refractivity contribution in [3.8, 4) is 0 Å². The van der Waals surface area contributed by atoms with E-state index >= 15 is 0 Å². The van der Waals surface area contributed by atoms with Crippen LogP contribution in [0, 0.1) is 18.8 Å². The maximum atomic E-state index is 12.3. The van der Waals surface area contributed by atoms with Crippen LogP contribution in [0.3, 0.4) is 0 Å². The number of carbonyl (C=O) groups is 1. The number of aryl methyl sites for hydroxylation is 2. The number of fused-ring (bicyclic) bond motifs is 3. The summed E-state index contributed by atoms with van der Waals surface area (Å²) in [6.07, 6.45) is 2.42. The van der Waals surface area contributed by atoms with E-state index in [1.165, 1.54) is 24.0 Å². The second-order valence-corrected chi connectivity index (χ2v) is 7.06. The summed E-state index contributed by atoms with van der Waals surface area (Å²) in [5.74, 6) is 2.72. The largest absolute Gasteiger partial charge is 0.361 e. The van der Waals surface area contributed by atoms with Gasteiger partial charge in [-0.05, 0) is 48.6 Å². The van der Waals surface area contributed by atoms with Gasteiger partial charge in [-0.2, -0.15) is 0 Å². The van der Waals surface area contributed by atoms with Crippen LogP contribution < -0.4 is 5.32 Å². The van der Waals surface area contributed by atoms with Crippen molar-refractivity contribution < 1.29 is 9.32 Å². The fourth-order valence-electron chi connectivity index (χ4n) is 4.13. The summed E-state index contributed by atoms with van der Waals surface area (Å²) in [4.78, 5) is 13.9. The van der Waals surface area contributed by atoms with Crippen molar-refractivity contribution in [3.63, 3.8) is 0 Å². The van der Waals surface area contributed by atoms with Gasteiger partial charge in [-0.15, -0.1) is 0 Å². The number of urea groups is 1. The molecule has 24 heavy (non-hydrogen) atoms. The van der Waals surface area contributed by atoms with Crippen LogP contribution in [-0.4, -0.2) is 29.7 Å². The van der Waals surface area contributed by atoms with Crippen LogP contribution in [0.5, 0.6) is 0 Å². The average Bonchev–Trinajstić information content (AvgIpc) is 3.17. The third-order valence-electron chi connectivity index (χ3n) is 5.40. The number of rotatable bonds is 4. The lowest BCUT2D eigenvalue weighted by atomic mass is 9.92. The minimum absolute atomic E-state index is 0.0485. The molecule has 1 heterocycles. The molecule has 1 saturated carbocycles.